The van der Waals surface area contributed by atoms with Crippen molar-refractivity contribution in [1.29, 1.82) is 0 Å². The lowest BCUT2D eigenvalue weighted by atomic mass is 10.0. The zero-order valence-corrected chi connectivity index (χ0v) is 17.1. The molecule has 1 amide bonds. The summed E-state index contributed by atoms with van der Waals surface area (Å²) in [5, 5.41) is 2.90. The van der Waals surface area contributed by atoms with E-state index in [0.717, 1.165) is 38.8 Å². The minimum atomic E-state index is -3.44. The Hall–Kier alpha value is -1.44. The number of nitrogens with one attached hydrogen (secondary N) is 2. The molecule has 1 aromatic carbocycles. The molecular weight excluding hydrogens is 362 g/mol. The molecule has 150 valence electrons. The molecule has 0 aromatic heterocycles. The Morgan fingerprint density at radius 3 is 2.41 bits per heavy atom. The number of amides is 1. The van der Waals surface area contributed by atoms with Crippen LogP contribution in [0, 0.1) is 5.92 Å². The van der Waals surface area contributed by atoms with Crippen LogP contribution < -0.4 is 10.2 Å². The number of piperidine rings is 1. The number of hydrogen-bond acceptors (Lipinski definition) is 3. The summed E-state index contributed by atoms with van der Waals surface area (Å²) in [6.45, 7) is 5.99. The van der Waals surface area contributed by atoms with E-state index in [1.165, 1.54) is 17.7 Å². The molecule has 3 rings (SSSR count). The Morgan fingerprint density at radius 1 is 1.11 bits per heavy atom. The first kappa shape index (κ1) is 20.3. The van der Waals surface area contributed by atoms with E-state index in [4.69, 9.17) is 0 Å². The van der Waals surface area contributed by atoms with E-state index in [0.29, 0.717) is 36.1 Å². The summed E-state index contributed by atoms with van der Waals surface area (Å²) in [4.78, 5) is 13.9. The number of hydrogen-bond donors (Lipinski definition) is 2. The van der Waals surface area contributed by atoms with E-state index < -0.39 is 10.0 Å². The Balaban J connectivity index is 1.58. The summed E-state index contributed by atoms with van der Waals surface area (Å²) in [6, 6.07) is 6.59. The van der Waals surface area contributed by atoms with Gasteiger partial charge < -0.3 is 10.2 Å². The third kappa shape index (κ3) is 5.53. The second-order valence-corrected chi connectivity index (χ2v) is 9.96. The fourth-order valence-corrected chi connectivity index (χ4v) is 5.65. The van der Waals surface area contributed by atoms with Crippen molar-refractivity contribution in [3.63, 3.8) is 0 Å². The zero-order valence-electron chi connectivity index (χ0n) is 16.2. The van der Waals surface area contributed by atoms with Crippen molar-refractivity contribution in [2.24, 2.45) is 5.92 Å². The fraction of sp³-hybridized carbons (Fsp3) is 0.650. The second kappa shape index (κ2) is 9.17. The van der Waals surface area contributed by atoms with Gasteiger partial charge in [0.25, 0.3) is 5.91 Å². The van der Waals surface area contributed by atoms with Gasteiger partial charge in [-0.1, -0.05) is 19.8 Å². The summed E-state index contributed by atoms with van der Waals surface area (Å²) in [7, 11) is -3.44. The predicted molar refractivity (Wildman–Crippen MR) is 106 cm³/mol. The molecule has 1 aromatic rings. The molecule has 1 unspecified atom stereocenters. The highest BCUT2D eigenvalue weighted by Gasteiger charge is 2.25. The molecule has 2 fully saturated rings. The van der Waals surface area contributed by atoms with Crippen molar-refractivity contribution >= 4 is 21.6 Å². The van der Waals surface area contributed by atoms with Gasteiger partial charge in [-0.2, -0.15) is 4.31 Å². The SMILES string of the molecule is C[C@H]1CCC[NH+](CC(=O)Nc2ccc(S(=O)(=O)N3CCCCCC3)cc2)C1. The number of sulfonamides is 1. The fourth-order valence-electron chi connectivity index (χ4n) is 4.13. The molecule has 2 saturated heterocycles. The number of likely N-dealkylation sites (tertiary alicyclic amines) is 1. The van der Waals surface area contributed by atoms with E-state index in [1.54, 1.807) is 28.6 Å². The van der Waals surface area contributed by atoms with Crippen LogP contribution in [-0.4, -0.2) is 51.4 Å². The molecule has 6 nitrogen and oxygen atoms in total. The summed E-state index contributed by atoms with van der Waals surface area (Å²) in [6.07, 6.45) is 6.45. The minimum absolute atomic E-state index is 0.0118. The summed E-state index contributed by atoms with van der Waals surface area (Å²) < 4.78 is 27.2. The van der Waals surface area contributed by atoms with Gasteiger partial charge in [0.1, 0.15) is 0 Å². The van der Waals surface area contributed by atoms with Crippen molar-refractivity contribution in [3.05, 3.63) is 24.3 Å². The molecule has 2 atom stereocenters. The van der Waals surface area contributed by atoms with Crippen molar-refractivity contribution in [3.8, 4) is 0 Å². The summed E-state index contributed by atoms with van der Waals surface area (Å²) >= 11 is 0. The van der Waals surface area contributed by atoms with Gasteiger partial charge in [0.15, 0.2) is 6.54 Å². The van der Waals surface area contributed by atoms with E-state index in [-0.39, 0.29) is 5.91 Å². The monoisotopic (exact) mass is 394 g/mol. The molecule has 7 heteroatoms. The number of carbonyl (C=O) groups excluding carboxylic acids is 1. The highest BCUT2D eigenvalue weighted by atomic mass is 32.2. The lowest BCUT2D eigenvalue weighted by Gasteiger charge is -2.27. The summed E-state index contributed by atoms with van der Waals surface area (Å²) in [5.41, 5.74) is 0.652. The van der Waals surface area contributed by atoms with Crippen molar-refractivity contribution in [1.82, 2.24) is 4.31 Å². The normalized spacial score (nSPS) is 24.9. The number of rotatable bonds is 5. The second-order valence-electron chi connectivity index (χ2n) is 8.02. The van der Waals surface area contributed by atoms with Crippen LogP contribution in [0.15, 0.2) is 29.2 Å². The molecule has 2 N–H and O–H groups in total. The van der Waals surface area contributed by atoms with E-state index in [1.807, 2.05) is 0 Å². The number of anilines is 1. The number of nitrogens with zero attached hydrogens (tertiary/aromatic N) is 1. The van der Waals surface area contributed by atoms with Crippen LogP contribution >= 0.6 is 0 Å². The van der Waals surface area contributed by atoms with Crippen LogP contribution in [0.25, 0.3) is 0 Å². The maximum Gasteiger partial charge on any atom is 0.279 e. The molecule has 0 aliphatic carbocycles. The predicted octanol–water partition coefficient (Wildman–Crippen LogP) is 1.50. The van der Waals surface area contributed by atoms with Crippen molar-refractivity contribution < 1.29 is 18.1 Å². The van der Waals surface area contributed by atoms with E-state index >= 15 is 0 Å². The number of benzene rings is 1. The average molecular weight is 395 g/mol. The Kier molecular flexibility index (Phi) is 6.89. The molecule has 2 aliphatic rings. The molecule has 27 heavy (non-hydrogen) atoms. The Labute approximate surface area is 163 Å². The minimum Gasteiger partial charge on any atom is -0.327 e. The van der Waals surface area contributed by atoms with Crippen LogP contribution in [0.4, 0.5) is 5.69 Å². The quantitative estimate of drug-likeness (QED) is 0.795. The third-order valence-electron chi connectivity index (χ3n) is 5.62. The van der Waals surface area contributed by atoms with Crippen LogP contribution in [0.5, 0.6) is 0 Å². The molecule has 0 saturated carbocycles. The lowest BCUT2D eigenvalue weighted by Crippen LogP contribution is -3.14. The summed E-state index contributed by atoms with van der Waals surface area (Å²) in [5.74, 6) is 0.659. The largest absolute Gasteiger partial charge is 0.327 e. The topological polar surface area (TPSA) is 70.9 Å². The standard InChI is InChI=1S/C20H31N3O3S/c1-17-7-6-12-22(15-17)16-20(24)21-18-8-10-19(11-9-18)27(25,26)23-13-4-2-3-5-14-23/h8-11,17H,2-7,12-16H2,1H3,(H,21,24)/p+1/t17-/m0/s1. The average Bonchev–Trinajstić information content (AvgIpc) is 2.92. The highest BCUT2D eigenvalue weighted by molar-refractivity contribution is 7.89. The van der Waals surface area contributed by atoms with Gasteiger partial charge in [-0.25, -0.2) is 8.42 Å². The van der Waals surface area contributed by atoms with Gasteiger partial charge in [-0.05, 0) is 49.9 Å². The van der Waals surface area contributed by atoms with Gasteiger partial charge in [0.2, 0.25) is 10.0 Å². The molecule has 2 aliphatic heterocycles. The smallest absolute Gasteiger partial charge is 0.279 e. The van der Waals surface area contributed by atoms with E-state index in [9.17, 15) is 13.2 Å². The molecular formula is C20H32N3O3S+. The van der Waals surface area contributed by atoms with Crippen LogP contribution in [-0.2, 0) is 14.8 Å². The van der Waals surface area contributed by atoms with Crippen LogP contribution in [0.2, 0.25) is 0 Å². The Morgan fingerprint density at radius 2 is 1.78 bits per heavy atom. The third-order valence-corrected chi connectivity index (χ3v) is 7.53. The van der Waals surface area contributed by atoms with Gasteiger partial charge in [-0.3, -0.25) is 4.79 Å². The lowest BCUT2D eigenvalue weighted by molar-refractivity contribution is -0.900. The van der Waals surface area contributed by atoms with Gasteiger partial charge in [0.05, 0.1) is 18.0 Å². The zero-order chi connectivity index (χ0) is 19.3. The maximum atomic E-state index is 12.8. The van der Waals surface area contributed by atoms with Crippen LogP contribution in [0.1, 0.15) is 45.4 Å². The highest BCUT2D eigenvalue weighted by Crippen LogP contribution is 2.21. The van der Waals surface area contributed by atoms with Crippen molar-refractivity contribution in [2.75, 3.05) is 38.0 Å². The molecule has 2 heterocycles. The van der Waals surface area contributed by atoms with Gasteiger partial charge in [-0.15, -0.1) is 0 Å². The number of carbonyl (C=O) groups is 1. The van der Waals surface area contributed by atoms with Gasteiger partial charge in [0, 0.05) is 24.7 Å². The van der Waals surface area contributed by atoms with Crippen LogP contribution in [0.3, 0.4) is 0 Å². The first-order valence-corrected chi connectivity index (χ1v) is 11.6. The maximum absolute atomic E-state index is 12.8. The first-order valence-electron chi connectivity index (χ1n) is 10.2. The van der Waals surface area contributed by atoms with Crippen molar-refractivity contribution in [2.45, 2.75) is 50.3 Å². The van der Waals surface area contributed by atoms with Gasteiger partial charge >= 0.3 is 0 Å². The number of quaternary nitrogens is 1. The Bertz CT molecular complexity index is 725. The molecule has 0 radical (unpaired) electrons. The molecule has 0 bridgehead atoms. The first-order chi connectivity index (χ1) is 12.9. The molecule has 0 spiro atoms. The van der Waals surface area contributed by atoms with E-state index in [2.05, 4.69) is 12.2 Å².